The molecule has 2 unspecified atom stereocenters. The molecule has 2 atom stereocenters. The standard InChI is InChI=1S/C26H30N2O6/c1-3-26(15-33-2,24(30)31)28-23(29)22(16-12-13-16)27-25(32)34-14-21-19-10-6-4-8-17(19)18-9-5-7-11-20(18)21/h4-11,16,21-22H,3,12-15H2,1-2H3,(H,27,32)(H,28,29)(H,30,31). The largest absolute Gasteiger partial charge is 0.479 e. The number of hydrogen-bond donors (Lipinski definition) is 3. The van der Waals surface area contributed by atoms with Gasteiger partial charge in [0.25, 0.3) is 0 Å². The van der Waals surface area contributed by atoms with E-state index in [9.17, 15) is 19.5 Å². The van der Waals surface area contributed by atoms with E-state index in [0.717, 1.165) is 35.1 Å². The number of hydrogen-bond acceptors (Lipinski definition) is 5. The van der Waals surface area contributed by atoms with Crippen LogP contribution in [-0.2, 0) is 19.1 Å². The molecular weight excluding hydrogens is 436 g/mol. The van der Waals surface area contributed by atoms with Crippen LogP contribution in [0.2, 0.25) is 0 Å². The Morgan fingerprint density at radius 1 is 1.06 bits per heavy atom. The molecule has 0 heterocycles. The van der Waals surface area contributed by atoms with Gasteiger partial charge < -0.3 is 25.2 Å². The molecule has 2 aromatic carbocycles. The van der Waals surface area contributed by atoms with Gasteiger partial charge >= 0.3 is 12.1 Å². The van der Waals surface area contributed by atoms with Crippen LogP contribution in [0.5, 0.6) is 0 Å². The molecule has 8 nitrogen and oxygen atoms in total. The van der Waals surface area contributed by atoms with E-state index >= 15 is 0 Å². The summed E-state index contributed by atoms with van der Waals surface area (Å²) in [5.41, 5.74) is 2.90. The summed E-state index contributed by atoms with van der Waals surface area (Å²) in [5, 5.41) is 14.9. The summed E-state index contributed by atoms with van der Waals surface area (Å²) in [5.74, 6) is -1.86. The lowest BCUT2D eigenvalue weighted by atomic mass is 9.96. The Balaban J connectivity index is 1.43. The lowest BCUT2D eigenvalue weighted by molar-refractivity contribution is -0.151. The highest BCUT2D eigenvalue weighted by atomic mass is 16.5. The zero-order valence-electron chi connectivity index (χ0n) is 19.4. The Morgan fingerprint density at radius 2 is 1.65 bits per heavy atom. The summed E-state index contributed by atoms with van der Waals surface area (Å²) >= 11 is 0. The topological polar surface area (TPSA) is 114 Å². The fourth-order valence-corrected chi connectivity index (χ4v) is 4.65. The molecule has 0 aliphatic heterocycles. The number of methoxy groups -OCH3 is 1. The fourth-order valence-electron chi connectivity index (χ4n) is 4.65. The van der Waals surface area contributed by atoms with Crippen molar-refractivity contribution < 1.29 is 29.0 Å². The summed E-state index contributed by atoms with van der Waals surface area (Å²) in [4.78, 5) is 37.6. The predicted molar refractivity (Wildman–Crippen MR) is 125 cm³/mol. The average Bonchev–Trinajstić information content (AvgIpc) is 3.63. The van der Waals surface area contributed by atoms with Crippen molar-refractivity contribution in [3.05, 3.63) is 59.7 Å². The molecule has 34 heavy (non-hydrogen) atoms. The van der Waals surface area contributed by atoms with Gasteiger partial charge in [-0.2, -0.15) is 0 Å². The molecule has 2 aliphatic rings. The highest BCUT2D eigenvalue weighted by Crippen LogP contribution is 2.44. The number of carbonyl (C=O) groups is 3. The molecule has 0 radical (unpaired) electrons. The van der Waals surface area contributed by atoms with Gasteiger partial charge in [0.15, 0.2) is 5.54 Å². The Morgan fingerprint density at radius 3 is 2.15 bits per heavy atom. The third-order valence-corrected chi connectivity index (χ3v) is 6.76. The Bertz CT molecular complexity index is 1040. The van der Waals surface area contributed by atoms with Crippen LogP contribution < -0.4 is 10.6 Å². The van der Waals surface area contributed by atoms with E-state index in [1.165, 1.54) is 7.11 Å². The lowest BCUT2D eigenvalue weighted by Gasteiger charge is -2.30. The number of fused-ring (bicyclic) bond motifs is 3. The van der Waals surface area contributed by atoms with Crippen LogP contribution in [0.1, 0.15) is 43.2 Å². The summed E-state index contributed by atoms with van der Waals surface area (Å²) in [6.45, 7) is 1.63. The molecule has 2 aliphatic carbocycles. The summed E-state index contributed by atoms with van der Waals surface area (Å²) < 4.78 is 10.6. The van der Waals surface area contributed by atoms with Crippen molar-refractivity contribution in [1.82, 2.24) is 10.6 Å². The summed E-state index contributed by atoms with van der Waals surface area (Å²) in [7, 11) is 1.38. The van der Waals surface area contributed by atoms with E-state index in [1.54, 1.807) is 6.92 Å². The zero-order chi connectivity index (χ0) is 24.3. The van der Waals surface area contributed by atoms with E-state index in [0.29, 0.717) is 0 Å². The average molecular weight is 467 g/mol. The van der Waals surface area contributed by atoms with Crippen LogP contribution in [0, 0.1) is 5.92 Å². The van der Waals surface area contributed by atoms with E-state index in [1.807, 2.05) is 36.4 Å². The lowest BCUT2D eigenvalue weighted by Crippen LogP contribution is -2.61. The van der Waals surface area contributed by atoms with Crippen molar-refractivity contribution in [1.29, 1.82) is 0 Å². The fraction of sp³-hybridized carbons (Fsp3) is 0.423. The minimum absolute atomic E-state index is 0.0496. The molecule has 3 N–H and O–H groups in total. The molecule has 2 aromatic rings. The molecule has 0 aromatic heterocycles. The number of carbonyl (C=O) groups excluding carboxylic acids is 2. The highest BCUT2D eigenvalue weighted by Gasteiger charge is 2.44. The maximum atomic E-state index is 13.0. The van der Waals surface area contributed by atoms with Crippen molar-refractivity contribution >= 4 is 18.0 Å². The molecule has 1 fully saturated rings. The van der Waals surface area contributed by atoms with Gasteiger partial charge in [-0.05, 0) is 47.4 Å². The number of amides is 2. The monoisotopic (exact) mass is 466 g/mol. The van der Waals surface area contributed by atoms with Crippen LogP contribution in [-0.4, -0.2) is 55.0 Å². The van der Waals surface area contributed by atoms with Crippen LogP contribution in [0.15, 0.2) is 48.5 Å². The first-order valence-electron chi connectivity index (χ1n) is 11.6. The highest BCUT2D eigenvalue weighted by molar-refractivity contribution is 5.92. The van der Waals surface area contributed by atoms with E-state index < -0.39 is 29.6 Å². The van der Waals surface area contributed by atoms with Crippen molar-refractivity contribution in [2.24, 2.45) is 5.92 Å². The van der Waals surface area contributed by atoms with Crippen LogP contribution in [0.4, 0.5) is 4.79 Å². The van der Waals surface area contributed by atoms with Crippen molar-refractivity contribution in [2.75, 3.05) is 20.3 Å². The molecule has 2 amide bonds. The number of aliphatic carboxylic acids is 1. The number of nitrogens with one attached hydrogen (secondary N) is 2. The number of alkyl carbamates (subject to hydrolysis) is 1. The molecule has 8 heteroatoms. The van der Waals surface area contributed by atoms with Crippen molar-refractivity contribution in [3.8, 4) is 11.1 Å². The maximum Gasteiger partial charge on any atom is 0.407 e. The summed E-state index contributed by atoms with van der Waals surface area (Å²) in [6.07, 6.45) is 0.999. The SMILES string of the molecule is CCC(COC)(NC(=O)C(NC(=O)OCC1c2ccccc2-c2ccccc21)C1CC1)C(=O)O. The minimum Gasteiger partial charge on any atom is -0.479 e. The number of ether oxygens (including phenoxy) is 2. The molecule has 0 bridgehead atoms. The van der Waals surface area contributed by atoms with Gasteiger partial charge in [-0.15, -0.1) is 0 Å². The zero-order valence-corrected chi connectivity index (χ0v) is 19.4. The van der Waals surface area contributed by atoms with Gasteiger partial charge in [-0.3, -0.25) is 4.79 Å². The molecule has 1 saturated carbocycles. The Kier molecular flexibility index (Phi) is 6.88. The van der Waals surface area contributed by atoms with Gasteiger partial charge in [0.1, 0.15) is 12.6 Å². The molecule has 0 spiro atoms. The van der Waals surface area contributed by atoms with Crippen LogP contribution in [0.3, 0.4) is 0 Å². The van der Waals surface area contributed by atoms with Gasteiger partial charge in [0.05, 0.1) is 6.61 Å². The van der Waals surface area contributed by atoms with Gasteiger partial charge in [-0.1, -0.05) is 55.5 Å². The van der Waals surface area contributed by atoms with Gasteiger partial charge in [0.2, 0.25) is 5.91 Å². The summed E-state index contributed by atoms with van der Waals surface area (Å²) in [6, 6.07) is 15.2. The van der Waals surface area contributed by atoms with E-state index in [4.69, 9.17) is 9.47 Å². The van der Waals surface area contributed by atoms with Crippen molar-refractivity contribution in [2.45, 2.75) is 43.7 Å². The third-order valence-electron chi connectivity index (χ3n) is 6.76. The second kappa shape index (κ2) is 9.85. The first-order valence-corrected chi connectivity index (χ1v) is 11.6. The van der Waals surface area contributed by atoms with Gasteiger partial charge in [0, 0.05) is 13.0 Å². The Hall–Kier alpha value is -3.39. The van der Waals surface area contributed by atoms with E-state index in [2.05, 4.69) is 22.8 Å². The second-order valence-corrected chi connectivity index (χ2v) is 8.95. The second-order valence-electron chi connectivity index (χ2n) is 8.95. The first-order chi connectivity index (χ1) is 16.4. The smallest absolute Gasteiger partial charge is 0.407 e. The number of carboxylic acids is 1. The molecular formula is C26H30N2O6. The van der Waals surface area contributed by atoms with Gasteiger partial charge in [-0.25, -0.2) is 9.59 Å². The first kappa shape index (κ1) is 23.8. The molecule has 0 saturated heterocycles. The van der Waals surface area contributed by atoms with E-state index in [-0.39, 0.29) is 31.5 Å². The normalized spacial score (nSPS) is 17.1. The number of carboxylic acid groups (broad SMARTS) is 1. The Labute approximate surface area is 198 Å². The molecule has 4 rings (SSSR count). The van der Waals surface area contributed by atoms with Crippen LogP contribution >= 0.6 is 0 Å². The van der Waals surface area contributed by atoms with Crippen molar-refractivity contribution in [3.63, 3.8) is 0 Å². The van der Waals surface area contributed by atoms with Crippen LogP contribution in [0.25, 0.3) is 11.1 Å². The maximum absolute atomic E-state index is 13.0. The third kappa shape index (κ3) is 4.63. The predicted octanol–water partition coefficient (Wildman–Crippen LogP) is 3.30. The minimum atomic E-state index is -1.55. The number of rotatable bonds is 10. The molecule has 180 valence electrons. The quantitative estimate of drug-likeness (QED) is 0.495. The number of benzene rings is 2.